The normalized spacial score (nSPS) is 14.6. The highest BCUT2D eigenvalue weighted by atomic mass is 16.6. The first-order chi connectivity index (χ1) is 9.65. The summed E-state index contributed by atoms with van der Waals surface area (Å²) in [7, 11) is 0. The number of ether oxygens (including phenoxy) is 2. The fourth-order valence-corrected chi connectivity index (χ4v) is 0.997. The van der Waals surface area contributed by atoms with E-state index in [1.807, 2.05) is 0 Å². The van der Waals surface area contributed by atoms with E-state index in [2.05, 4.69) is 9.47 Å². The quantitative estimate of drug-likeness (QED) is 0.260. The molecule has 0 radical (unpaired) electrons. The lowest BCUT2D eigenvalue weighted by Gasteiger charge is -2.14. The van der Waals surface area contributed by atoms with Gasteiger partial charge in [0.2, 0.25) is 5.91 Å². The molecule has 0 spiro atoms. The van der Waals surface area contributed by atoms with Crippen LogP contribution in [0.3, 0.4) is 0 Å². The molecule has 0 fully saturated rings. The Hall–Kier alpha value is -2.24. The molecule has 1 amide bonds. The molecule has 0 aromatic heterocycles. The van der Waals surface area contributed by atoms with Crippen molar-refractivity contribution in [2.24, 2.45) is 22.9 Å². The number of carboxylic acids is 1. The highest BCUT2D eigenvalue weighted by Gasteiger charge is 2.23. The summed E-state index contributed by atoms with van der Waals surface area (Å²) in [5, 5.41) is 8.47. The van der Waals surface area contributed by atoms with Crippen molar-refractivity contribution >= 4 is 23.8 Å². The highest BCUT2D eigenvalue weighted by Crippen LogP contribution is 1.95. The third-order valence-electron chi connectivity index (χ3n) is 2.15. The van der Waals surface area contributed by atoms with Crippen molar-refractivity contribution in [2.45, 2.75) is 24.5 Å². The van der Waals surface area contributed by atoms with Crippen LogP contribution in [0.4, 0.5) is 0 Å². The molecule has 0 saturated heterocycles. The van der Waals surface area contributed by atoms with Crippen LogP contribution in [0, 0.1) is 0 Å². The molecule has 3 atom stereocenters. The van der Waals surface area contributed by atoms with Gasteiger partial charge in [-0.1, -0.05) is 0 Å². The van der Waals surface area contributed by atoms with Crippen molar-refractivity contribution in [2.75, 3.05) is 13.2 Å². The summed E-state index contributed by atoms with van der Waals surface area (Å²) in [6.45, 7) is -1.12. The zero-order chi connectivity index (χ0) is 16.6. The van der Waals surface area contributed by atoms with Crippen molar-refractivity contribution in [1.82, 2.24) is 0 Å². The number of esters is 2. The smallest absolute Gasteiger partial charge is 0.326 e. The van der Waals surface area contributed by atoms with Gasteiger partial charge in [-0.05, 0) is 0 Å². The van der Waals surface area contributed by atoms with E-state index < -0.39 is 61.6 Å². The number of aliphatic carboxylic acids is 1. The van der Waals surface area contributed by atoms with Crippen molar-refractivity contribution in [3.8, 4) is 0 Å². The average Bonchev–Trinajstić information content (AvgIpc) is 2.39. The van der Waals surface area contributed by atoms with Gasteiger partial charge in [-0.2, -0.15) is 0 Å². The lowest BCUT2D eigenvalue weighted by Crippen LogP contribution is -2.43. The molecule has 21 heavy (non-hydrogen) atoms. The van der Waals surface area contributed by atoms with E-state index >= 15 is 0 Å². The van der Waals surface area contributed by atoms with E-state index in [0.29, 0.717) is 0 Å². The minimum absolute atomic E-state index is 0.411. The van der Waals surface area contributed by atoms with E-state index in [4.69, 9.17) is 28.0 Å². The van der Waals surface area contributed by atoms with Gasteiger partial charge >= 0.3 is 17.9 Å². The van der Waals surface area contributed by atoms with Crippen LogP contribution >= 0.6 is 0 Å². The van der Waals surface area contributed by atoms with Crippen molar-refractivity contribution in [3.05, 3.63) is 0 Å². The number of hydrogen-bond acceptors (Lipinski definition) is 9. The second-order valence-electron chi connectivity index (χ2n) is 4.09. The fraction of sp³-hybridized carbons (Fsp3) is 0.600. The summed E-state index contributed by atoms with van der Waals surface area (Å²) >= 11 is 0. The molecule has 9 N–H and O–H groups in total. The van der Waals surface area contributed by atoms with Crippen molar-refractivity contribution < 1.29 is 33.8 Å². The predicted molar refractivity (Wildman–Crippen MR) is 67.3 cm³/mol. The van der Waals surface area contributed by atoms with E-state index in [9.17, 15) is 19.2 Å². The molecule has 0 aromatic carbocycles. The summed E-state index contributed by atoms with van der Waals surface area (Å²) in [4.78, 5) is 43.6. The second-order valence-corrected chi connectivity index (χ2v) is 4.09. The number of rotatable bonds is 9. The maximum atomic E-state index is 11.3. The number of primary amides is 1. The van der Waals surface area contributed by atoms with Crippen LogP contribution in [0.25, 0.3) is 0 Å². The van der Waals surface area contributed by atoms with Crippen LogP contribution < -0.4 is 22.9 Å². The van der Waals surface area contributed by atoms with Crippen molar-refractivity contribution in [3.63, 3.8) is 0 Å². The Morgan fingerprint density at radius 2 is 1.29 bits per heavy atom. The molecule has 0 aromatic rings. The number of amides is 1. The lowest BCUT2D eigenvalue weighted by molar-refractivity contribution is -0.153. The van der Waals surface area contributed by atoms with Gasteiger partial charge in [0.1, 0.15) is 31.3 Å². The SMILES string of the molecule is NC(=O)C[C@H](N)C(=O)OC[C@H](N)C(=O)OC[C@H](N)C(=O)O. The van der Waals surface area contributed by atoms with E-state index in [1.165, 1.54) is 0 Å². The Labute approximate surface area is 119 Å². The zero-order valence-electron chi connectivity index (χ0n) is 11.1. The van der Waals surface area contributed by atoms with Gasteiger partial charge in [0.15, 0.2) is 0 Å². The number of carbonyl (C=O) groups is 4. The number of carbonyl (C=O) groups excluding carboxylic acids is 3. The van der Waals surface area contributed by atoms with Gasteiger partial charge in [0, 0.05) is 0 Å². The van der Waals surface area contributed by atoms with Crippen LogP contribution in [0.2, 0.25) is 0 Å². The Balaban J connectivity index is 4.10. The van der Waals surface area contributed by atoms with Gasteiger partial charge in [-0.15, -0.1) is 0 Å². The van der Waals surface area contributed by atoms with Gasteiger partial charge in [-0.25, -0.2) is 0 Å². The molecule has 0 aliphatic carbocycles. The van der Waals surface area contributed by atoms with Crippen LogP contribution in [0.1, 0.15) is 6.42 Å². The molecule has 0 unspecified atom stereocenters. The van der Waals surface area contributed by atoms with Crippen LogP contribution in [-0.4, -0.2) is 60.3 Å². The van der Waals surface area contributed by atoms with Crippen LogP contribution in [0.15, 0.2) is 0 Å². The average molecular weight is 306 g/mol. The van der Waals surface area contributed by atoms with Crippen LogP contribution in [-0.2, 0) is 28.7 Å². The highest BCUT2D eigenvalue weighted by molar-refractivity contribution is 5.84. The maximum Gasteiger partial charge on any atom is 0.326 e. The maximum absolute atomic E-state index is 11.3. The van der Waals surface area contributed by atoms with Gasteiger partial charge in [0.25, 0.3) is 0 Å². The minimum atomic E-state index is -1.38. The first-order valence-electron chi connectivity index (χ1n) is 5.76. The Morgan fingerprint density at radius 3 is 1.71 bits per heavy atom. The molecule has 0 aliphatic rings. The number of nitrogens with two attached hydrogens (primary N) is 4. The second kappa shape index (κ2) is 8.84. The summed E-state index contributed by atoms with van der Waals surface area (Å²) in [5.74, 6) is -4.09. The molecule has 0 saturated carbocycles. The number of hydrogen-bond donors (Lipinski definition) is 5. The third kappa shape index (κ3) is 7.81. The minimum Gasteiger partial charge on any atom is -0.480 e. The standard InChI is InChI=1S/C10H18N4O7/c11-4(1-7(14)15)9(18)21-3-6(13)10(19)20-2-5(12)8(16)17/h4-6H,1-3,11-13H2,(H2,14,15)(H,16,17)/t4-,5-,6-/m0/s1. The van der Waals surface area contributed by atoms with Crippen LogP contribution in [0.5, 0.6) is 0 Å². The van der Waals surface area contributed by atoms with Gasteiger partial charge < -0.3 is 37.5 Å². The molecule has 0 rings (SSSR count). The predicted octanol–water partition coefficient (Wildman–Crippen LogP) is -3.99. The Bertz CT molecular complexity index is 414. The first kappa shape index (κ1) is 18.8. The first-order valence-corrected chi connectivity index (χ1v) is 5.76. The molecular weight excluding hydrogens is 288 g/mol. The molecule has 0 bridgehead atoms. The molecule has 11 nitrogen and oxygen atoms in total. The van der Waals surface area contributed by atoms with Crippen molar-refractivity contribution in [1.29, 1.82) is 0 Å². The summed E-state index contributed by atoms with van der Waals surface area (Å²) in [5.41, 5.74) is 20.6. The topological polar surface area (TPSA) is 211 Å². The molecule has 120 valence electrons. The van der Waals surface area contributed by atoms with E-state index in [0.717, 1.165) is 0 Å². The zero-order valence-corrected chi connectivity index (χ0v) is 11.1. The Kier molecular flexibility index (Phi) is 7.89. The molecule has 11 heteroatoms. The number of carboxylic acid groups (broad SMARTS) is 1. The third-order valence-corrected chi connectivity index (χ3v) is 2.15. The summed E-state index contributed by atoms with van der Waals surface area (Å²) in [6.07, 6.45) is -0.411. The monoisotopic (exact) mass is 306 g/mol. The van der Waals surface area contributed by atoms with Gasteiger partial charge in [0.05, 0.1) is 6.42 Å². The summed E-state index contributed by atoms with van der Waals surface area (Å²) < 4.78 is 9.11. The Morgan fingerprint density at radius 1 is 0.857 bits per heavy atom. The fourth-order valence-electron chi connectivity index (χ4n) is 0.997. The van der Waals surface area contributed by atoms with Gasteiger partial charge in [-0.3, -0.25) is 19.2 Å². The molecule has 0 aliphatic heterocycles. The largest absolute Gasteiger partial charge is 0.480 e. The van der Waals surface area contributed by atoms with E-state index in [-0.39, 0.29) is 0 Å². The molecular formula is C10H18N4O7. The van der Waals surface area contributed by atoms with E-state index in [1.54, 1.807) is 0 Å². The summed E-state index contributed by atoms with van der Waals surface area (Å²) in [6, 6.07) is -3.98. The lowest BCUT2D eigenvalue weighted by atomic mass is 10.2. The molecule has 0 heterocycles.